The summed E-state index contributed by atoms with van der Waals surface area (Å²) in [6, 6.07) is 29.5. The highest BCUT2D eigenvalue weighted by Crippen LogP contribution is 2.30. The van der Waals surface area contributed by atoms with Crippen LogP contribution in [0.4, 0.5) is 5.69 Å². The molecule has 4 aromatic carbocycles. The van der Waals surface area contributed by atoms with Crippen molar-refractivity contribution >= 4 is 34.4 Å². The number of benzene rings is 4. The molecule has 0 radical (unpaired) electrons. The maximum absolute atomic E-state index is 13.2. The van der Waals surface area contributed by atoms with Crippen LogP contribution in [0, 0.1) is 0 Å². The number of para-hydroxylation sites is 1. The molecule has 0 aliphatic rings. The van der Waals surface area contributed by atoms with Crippen LogP contribution in [0.5, 0.6) is 5.75 Å². The van der Waals surface area contributed by atoms with Gasteiger partial charge in [-0.2, -0.15) is 0 Å². The van der Waals surface area contributed by atoms with Gasteiger partial charge in [0.2, 0.25) is 0 Å². The van der Waals surface area contributed by atoms with Gasteiger partial charge in [-0.05, 0) is 54.3 Å². The van der Waals surface area contributed by atoms with Crippen molar-refractivity contribution in [2.45, 2.75) is 6.92 Å². The molecule has 0 atom stereocenters. The Morgan fingerprint density at radius 2 is 1.42 bits per heavy atom. The molecule has 0 bridgehead atoms. The maximum Gasteiger partial charge on any atom is 0.272 e. The lowest BCUT2D eigenvalue weighted by Gasteiger charge is -2.13. The minimum Gasteiger partial charge on any atom is -0.493 e. The van der Waals surface area contributed by atoms with Gasteiger partial charge in [0.25, 0.3) is 11.8 Å². The van der Waals surface area contributed by atoms with Gasteiger partial charge < -0.3 is 15.4 Å². The molecule has 2 N–H and O–H groups in total. The molecule has 5 nitrogen and oxygen atoms in total. The predicted octanol–water partition coefficient (Wildman–Crippen LogP) is 5.65. The fourth-order valence-corrected chi connectivity index (χ4v) is 3.52. The van der Waals surface area contributed by atoms with Crippen LogP contribution in [0.15, 0.2) is 103 Å². The van der Waals surface area contributed by atoms with E-state index in [1.165, 1.54) is 0 Å². The first kappa shape index (κ1) is 21.8. The second-order valence-corrected chi connectivity index (χ2v) is 7.33. The van der Waals surface area contributed by atoms with Gasteiger partial charge in [0.1, 0.15) is 11.4 Å². The Kier molecular flexibility index (Phi) is 6.81. The van der Waals surface area contributed by atoms with Crippen LogP contribution in [0.1, 0.15) is 22.8 Å². The van der Waals surface area contributed by atoms with Gasteiger partial charge in [-0.1, -0.05) is 66.7 Å². The highest BCUT2D eigenvalue weighted by molar-refractivity contribution is 6.11. The molecule has 2 amide bonds. The molecule has 0 aliphatic carbocycles. The van der Waals surface area contributed by atoms with Crippen LogP contribution in [-0.4, -0.2) is 18.4 Å². The van der Waals surface area contributed by atoms with E-state index in [-0.39, 0.29) is 11.6 Å². The molecule has 33 heavy (non-hydrogen) atoms. The van der Waals surface area contributed by atoms with Crippen molar-refractivity contribution < 1.29 is 14.3 Å². The zero-order valence-corrected chi connectivity index (χ0v) is 18.2. The average molecular weight is 437 g/mol. The Bertz CT molecular complexity index is 1300. The van der Waals surface area contributed by atoms with Crippen molar-refractivity contribution in [3.05, 3.63) is 114 Å². The molecule has 0 spiro atoms. The Balaban J connectivity index is 1.74. The molecule has 0 unspecified atom stereocenters. The molecule has 164 valence electrons. The first-order valence-corrected chi connectivity index (χ1v) is 10.7. The van der Waals surface area contributed by atoms with E-state index in [2.05, 4.69) is 10.6 Å². The minimum absolute atomic E-state index is 0.141. The van der Waals surface area contributed by atoms with Crippen molar-refractivity contribution in [2.75, 3.05) is 11.9 Å². The highest BCUT2D eigenvalue weighted by atomic mass is 16.5. The number of carbonyl (C=O) groups is 2. The summed E-state index contributed by atoms with van der Waals surface area (Å²) < 4.78 is 5.76. The molecule has 0 saturated carbocycles. The second-order valence-electron chi connectivity index (χ2n) is 7.33. The van der Waals surface area contributed by atoms with Crippen molar-refractivity contribution in [2.24, 2.45) is 0 Å². The molecule has 0 heterocycles. The first-order valence-electron chi connectivity index (χ1n) is 10.7. The molecule has 4 rings (SSSR count). The van der Waals surface area contributed by atoms with Gasteiger partial charge in [-0.15, -0.1) is 0 Å². The van der Waals surface area contributed by atoms with Crippen LogP contribution < -0.4 is 15.4 Å². The molecule has 0 saturated heterocycles. The zero-order chi connectivity index (χ0) is 23.0. The molecule has 5 heteroatoms. The third-order valence-corrected chi connectivity index (χ3v) is 5.08. The van der Waals surface area contributed by atoms with Crippen molar-refractivity contribution in [3.63, 3.8) is 0 Å². The smallest absolute Gasteiger partial charge is 0.272 e. The summed E-state index contributed by atoms with van der Waals surface area (Å²) in [7, 11) is 0. The number of anilines is 1. The normalized spacial score (nSPS) is 11.1. The summed E-state index contributed by atoms with van der Waals surface area (Å²) in [5, 5.41) is 7.49. The van der Waals surface area contributed by atoms with Gasteiger partial charge in [-0.3, -0.25) is 9.59 Å². The summed E-state index contributed by atoms with van der Waals surface area (Å²) >= 11 is 0. The summed E-state index contributed by atoms with van der Waals surface area (Å²) in [5.41, 5.74) is 2.04. The lowest BCUT2D eigenvalue weighted by atomic mass is 10.0. The van der Waals surface area contributed by atoms with E-state index < -0.39 is 5.91 Å². The Hall–Kier alpha value is -4.38. The Morgan fingerprint density at radius 3 is 2.12 bits per heavy atom. The van der Waals surface area contributed by atoms with E-state index in [4.69, 9.17) is 4.74 Å². The van der Waals surface area contributed by atoms with Gasteiger partial charge in [0.15, 0.2) is 0 Å². The van der Waals surface area contributed by atoms with E-state index in [0.717, 1.165) is 22.1 Å². The van der Waals surface area contributed by atoms with E-state index in [9.17, 15) is 9.59 Å². The number of fused-ring (bicyclic) bond motifs is 1. The molecule has 0 aliphatic heterocycles. The number of ether oxygens (including phenoxy) is 1. The predicted molar refractivity (Wildman–Crippen MR) is 132 cm³/mol. The van der Waals surface area contributed by atoms with Crippen LogP contribution in [0.2, 0.25) is 0 Å². The van der Waals surface area contributed by atoms with E-state index in [1.807, 2.05) is 67.6 Å². The summed E-state index contributed by atoms with van der Waals surface area (Å²) in [6.07, 6.45) is 1.69. The number of hydrogen-bond donors (Lipinski definition) is 2. The fourth-order valence-electron chi connectivity index (χ4n) is 3.52. The lowest BCUT2D eigenvalue weighted by molar-refractivity contribution is -0.113. The van der Waals surface area contributed by atoms with Crippen molar-refractivity contribution in [1.29, 1.82) is 0 Å². The molecular formula is C28H24N2O3. The minimum atomic E-state index is -0.413. The molecule has 0 fully saturated rings. The second kappa shape index (κ2) is 10.3. The molecule has 0 aromatic heterocycles. The number of amides is 2. The molecular weight excluding hydrogens is 412 g/mol. The standard InChI is InChI=1S/C28H24N2O3/c1-2-33-26-18-17-21(23-15-9-10-16-24(23)26)19-25(28(32)29-22-13-7-4-8-14-22)30-27(31)20-11-5-3-6-12-20/h3-19H,2H2,1H3,(H,29,32)(H,30,31)/b25-19+. The van der Waals surface area contributed by atoms with E-state index >= 15 is 0 Å². The van der Waals surface area contributed by atoms with Gasteiger partial charge in [0, 0.05) is 16.6 Å². The fraction of sp³-hybridized carbons (Fsp3) is 0.0714. The topological polar surface area (TPSA) is 67.4 Å². The third kappa shape index (κ3) is 5.28. The van der Waals surface area contributed by atoms with Crippen LogP contribution in [0.3, 0.4) is 0 Å². The van der Waals surface area contributed by atoms with Crippen molar-refractivity contribution in [3.8, 4) is 5.75 Å². The van der Waals surface area contributed by atoms with Gasteiger partial charge >= 0.3 is 0 Å². The Labute approximate surface area is 192 Å². The van der Waals surface area contributed by atoms with Gasteiger partial charge in [0.05, 0.1) is 6.61 Å². The quantitative estimate of drug-likeness (QED) is 0.368. The maximum atomic E-state index is 13.2. The third-order valence-electron chi connectivity index (χ3n) is 5.08. The van der Waals surface area contributed by atoms with E-state index in [0.29, 0.717) is 17.9 Å². The zero-order valence-electron chi connectivity index (χ0n) is 18.2. The molecule has 4 aromatic rings. The summed E-state index contributed by atoms with van der Waals surface area (Å²) in [5.74, 6) is -0.00221. The largest absolute Gasteiger partial charge is 0.493 e. The number of carbonyl (C=O) groups excluding carboxylic acids is 2. The van der Waals surface area contributed by atoms with Crippen LogP contribution in [-0.2, 0) is 4.79 Å². The average Bonchev–Trinajstić information content (AvgIpc) is 2.86. The monoisotopic (exact) mass is 436 g/mol. The highest BCUT2D eigenvalue weighted by Gasteiger charge is 2.16. The van der Waals surface area contributed by atoms with Gasteiger partial charge in [-0.25, -0.2) is 0 Å². The Morgan fingerprint density at radius 1 is 0.788 bits per heavy atom. The number of hydrogen-bond acceptors (Lipinski definition) is 3. The van der Waals surface area contributed by atoms with E-state index in [1.54, 1.807) is 42.5 Å². The SMILES string of the molecule is CCOc1ccc(/C=C(/NC(=O)c2ccccc2)C(=O)Nc2ccccc2)c2ccccc12. The van der Waals surface area contributed by atoms with Crippen LogP contribution in [0.25, 0.3) is 16.8 Å². The summed E-state index contributed by atoms with van der Waals surface area (Å²) in [6.45, 7) is 2.49. The lowest BCUT2D eigenvalue weighted by Crippen LogP contribution is -2.30. The van der Waals surface area contributed by atoms with Crippen molar-refractivity contribution in [1.82, 2.24) is 5.32 Å². The first-order chi connectivity index (χ1) is 16.2. The van der Waals surface area contributed by atoms with Crippen LogP contribution >= 0.6 is 0 Å². The number of rotatable bonds is 7. The summed E-state index contributed by atoms with van der Waals surface area (Å²) in [4.78, 5) is 26.0. The number of nitrogens with one attached hydrogen (secondary N) is 2.